The minimum Gasteiger partial charge on any atom is -0.500 e. The van der Waals surface area contributed by atoms with Crippen molar-refractivity contribution >= 4 is 36.4 Å². The number of hydrogen-bond donors (Lipinski definition) is 0. The van der Waals surface area contributed by atoms with E-state index in [4.69, 9.17) is 13.7 Å². The topological polar surface area (TPSA) is 44.8 Å². The van der Waals surface area contributed by atoms with Crippen molar-refractivity contribution in [3.05, 3.63) is 24.2 Å². The van der Waals surface area contributed by atoms with Gasteiger partial charge in [0, 0.05) is 21.2 Å². The van der Waals surface area contributed by atoms with E-state index < -0.39 is 5.97 Å². The zero-order valence-corrected chi connectivity index (χ0v) is 11.6. The number of esters is 1. The van der Waals surface area contributed by atoms with E-state index in [9.17, 15) is 4.79 Å². The van der Waals surface area contributed by atoms with Gasteiger partial charge in [-0.25, -0.2) is 4.79 Å². The van der Waals surface area contributed by atoms with Crippen molar-refractivity contribution in [3.63, 3.8) is 0 Å². The summed E-state index contributed by atoms with van der Waals surface area (Å²) in [5.41, 5.74) is 0.197. The first kappa shape index (κ1) is 14.6. The summed E-state index contributed by atoms with van der Waals surface area (Å²) < 4.78 is 14.9. The van der Waals surface area contributed by atoms with Gasteiger partial charge in [-0.2, -0.15) is 0 Å². The maximum atomic E-state index is 11.4. The maximum Gasteiger partial charge on any atom is 0.345 e. The lowest BCUT2D eigenvalue weighted by Crippen LogP contribution is -2.10. The van der Waals surface area contributed by atoms with E-state index in [-0.39, 0.29) is 11.3 Å². The summed E-state index contributed by atoms with van der Waals surface area (Å²) in [6.45, 7) is 7.91. The monoisotopic (exact) mass is 344 g/mol. The number of carbonyl (C=O) groups is 1. The first-order valence-corrected chi connectivity index (χ1v) is 7.59. The molecular weight excluding hydrogens is 331 g/mol. The molecular formula is C9H13IO4S. The predicted molar refractivity (Wildman–Crippen MR) is 68.2 cm³/mol. The first-order valence-electron chi connectivity index (χ1n) is 4.30. The third kappa shape index (κ3) is 5.93. The molecule has 0 aliphatic carbocycles. The van der Waals surface area contributed by atoms with Crippen LogP contribution in [0.3, 0.4) is 0 Å². The van der Waals surface area contributed by atoms with E-state index in [0.717, 1.165) is 9.21 Å². The highest BCUT2D eigenvalue weighted by atomic mass is 127. The maximum absolute atomic E-state index is 11.4. The summed E-state index contributed by atoms with van der Waals surface area (Å²) in [6.07, 6.45) is 1.30. The number of hydrogen-bond acceptors (Lipinski definition) is 5. The summed E-state index contributed by atoms with van der Waals surface area (Å²) in [6, 6.07) is 0. The first-order chi connectivity index (χ1) is 7.17. The predicted octanol–water partition coefficient (Wildman–Crippen LogP) is 3.00. The summed E-state index contributed by atoms with van der Waals surface area (Å²) in [7, 11) is 1.07. The SMILES string of the molecule is C=C(OSI)/C(=C\OCC)C(=O)OCC. The van der Waals surface area contributed by atoms with Crippen molar-refractivity contribution in [3.8, 4) is 0 Å². The van der Waals surface area contributed by atoms with Gasteiger partial charge in [0.25, 0.3) is 0 Å². The van der Waals surface area contributed by atoms with E-state index in [1.165, 1.54) is 6.26 Å². The molecule has 0 unspecified atom stereocenters. The lowest BCUT2D eigenvalue weighted by molar-refractivity contribution is -0.138. The second-order valence-electron chi connectivity index (χ2n) is 2.28. The van der Waals surface area contributed by atoms with E-state index in [0.29, 0.717) is 13.2 Å². The molecule has 0 heterocycles. The molecule has 0 fully saturated rings. The molecule has 0 atom stereocenters. The van der Waals surface area contributed by atoms with Gasteiger partial charge in [-0.05, 0) is 13.8 Å². The fourth-order valence-electron chi connectivity index (χ4n) is 0.686. The van der Waals surface area contributed by atoms with E-state index in [1.807, 2.05) is 28.1 Å². The third-order valence-corrected chi connectivity index (χ3v) is 2.10. The Labute approximate surface area is 106 Å². The standard InChI is InChI=1S/C9H13IO4S/c1-4-12-6-8(7(3)14-15-10)9(11)13-5-2/h6H,3-5H2,1-2H3/b8-6+. The van der Waals surface area contributed by atoms with Gasteiger partial charge in [-0.15, -0.1) is 0 Å². The molecule has 0 amide bonds. The van der Waals surface area contributed by atoms with Crippen LogP contribution in [0.2, 0.25) is 0 Å². The Hall–Kier alpha value is -0.370. The average Bonchev–Trinajstić information content (AvgIpc) is 2.19. The van der Waals surface area contributed by atoms with Gasteiger partial charge in [0.05, 0.1) is 13.2 Å². The molecule has 0 aliphatic rings. The molecule has 0 radical (unpaired) electrons. The van der Waals surface area contributed by atoms with Crippen molar-refractivity contribution in [2.75, 3.05) is 13.2 Å². The third-order valence-electron chi connectivity index (χ3n) is 1.30. The van der Waals surface area contributed by atoms with Crippen LogP contribution in [-0.4, -0.2) is 19.2 Å². The van der Waals surface area contributed by atoms with Crippen molar-refractivity contribution in [1.82, 2.24) is 0 Å². The van der Waals surface area contributed by atoms with Crippen molar-refractivity contribution < 1.29 is 18.5 Å². The molecule has 0 aromatic rings. The Morgan fingerprint density at radius 2 is 2.13 bits per heavy atom. The van der Waals surface area contributed by atoms with Crippen LogP contribution < -0.4 is 0 Å². The molecule has 0 aromatic carbocycles. The zero-order chi connectivity index (χ0) is 11.7. The zero-order valence-electron chi connectivity index (χ0n) is 8.62. The van der Waals surface area contributed by atoms with Crippen LogP contribution in [0.5, 0.6) is 0 Å². The Morgan fingerprint density at radius 3 is 2.60 bits per heavy atom. The molecule has 15 heavy (non-hydrogen) atoms. The van der Waals surface area contributed by atoms with Crippen LogP contribution in [0, 0.1) is 0 Å². The highest BCUT2D eigenvalue weighted by Crippen LogP contribution is 2.22. The fourth-order valence-corrected chi connectivity index (χ4v) is 1.50. The summed E-state index contributed by atoms with van der Waals surface area (Å²) in [5.74, 6) is -0.275. The van der Waals surface area contributed by atoms with Crippen LogP contribution in [0.4, 0.5) is 0 Å². The molecule has 0 spiro atoms. The molecule has 0 aromatic heterocycles. The average molecular weight is 344 g/mol. The highest BCUT2D eigenvalue weighted by Gasteiger charge is 2.16. The molecule has 4 nitrogen and oxygen atoms in total. The van der Waals surface area contributed by atoms with E-state index in [2.05, 4.69) is 6.58 Å². The quantitative estimate of drug-likeness (QED) is 0.177. The second-order valence-corrected chi connectivity index (χ2v) is 3.65. The summed E-state index contributed by atoms with van der Waals surface area (Å²) in [4.78, 5) is 11.4. The van der Waals surface area contributed by atoms with Crippen molar-refractivity contribution in [2.45, 2.75) is 13.8 Å². The van der Waals surface area contributed by atoms with Crippen LogP contribution in [-0.2, 0) is 18.5 Å². The van der Waals surface area contributed by atoms with Gasteiger partial charge >= 0.3 is 5.97 Å². The normalized spacial score (nSPS) is 10.7. The number of carbonyl (C=O) groups excluding carboxylic acids is 1. The lowest BCUT2D eigenvalue weighted by atomic mass is 10.2. The van der Waals surface area contributed by atoms with Crippen LogP contribution in [0.15, 0.2) is 24.2 Å². The van der Waals surface area contributed by atoms with Crippen LogP contribution in [0.1, 0.15) is 13.8 Å². The number of ether oxygens (including phenoxy) is 2. The summed E-state index contributed by atoms with van der Waals surface area (Å²) in [5, 5.41) is 0. The Balaban J connectivity index is 4.57. The minimum atomic E-state index is -0.499. The number of halogens is 1. The highest BCUT2D eigenvalue weighted by molar-refractivity contribution is 14.2. The van der Waals surface area contributed by atoms with Crippen molar-refractivity contribution in [1.29, 1.82) is 0 Å². The second kappa shape index (κ2) is 8.90. The molecule has 86 valence electrons. The van der Waals surface area contributed by atoms with Gasteiger partial charge in [-0.3, -0.25) is 0 Å². The molecule has 0 N–H and O–H groups in total. The van der Waals surface area contributed by atoms with Gasteiger partial charge in [0.2, 0.25) is 0 Å². The van der Waals surface area contributed by atoms with Gasteiger partial charge in [0.15, 0.2) is 0 Å². The Morgan fingerprint density at radius 1 is 1.47 bits per heavy atom. The molecule has 6 heteroatoms. The van der Waals surface area contributed by atoms with Crippen LogP contribution in [0.25, 0.3) is 0 Å². The molecule has 0 saturated heterocycles. The van der Waals surface area contributed by atoms with Crippen LogP contribution >= 0.6 is 30.4 Å². The van der Waals surface area contributed by atoms with Gasteiger partial charge in [-0.1, -0.05) is 6.58 Å². The molecule has 0 saturated carbocycles. The molecule has 0 bridgehead atoms. The molecule has 0 rings (SSSR count). The molecule has 0 aliphatic heterocycles. The smallest absolute Gasteiger partial charge is 0.345 e. The van der Waals surface area contributed by atoms with E-state index in [1.54, 1.807) is 6.92 Å². The minimum absolute atomic E-state index is 0.197. The van der Waals surface area contributed by atoms with Gasteiger partial charge < -0.3 is 13.7 Å². The fraction of sp³-hybridized carbons (Fsp3) is 0.444. The summed E-state index contributed by atoms with van der Waals surface area (Å²) >= 11 is 1.93. The van der Waals surface area contributed by atoms with Gasteiger partial charge in [0.1, 0.15) is 26.8 Å². The van der Waals surface area contributed by atoms with E-state index >= 15 is 0 Å². The van der Waals surface area contributed by atoms with Crippen molar-refractivity contribution in [2.24, 2.45) is 0 Å². The lowest BCUT2D eigenvalue weighted by Gasteiger charge is -2.08. The Bertz CT molecular complexity index is 232. The Kier molecular flexibility index (Phi) is 8.68. The number of rotatable bonds is 7. The largest absolute Gasteiger partial charge is 0.500 e.